The lowest BCUT2D eigenvalue weighted by atomic mass is 10.1. The van der Waals surface area contributed by atoms with Crippen LogP contribution in [-0.2, 0) is 4.79 Å². The van der Waals surface area contributed by atoms with E-state index in [1.165, 1.54) is 6.26 Å². The van der Waals surface area contributed by atoms with Crippen molar-refractivity contribution in [3.05, 3.63) is 78.8 Å². The van der Waals surface area contributed by atoms with E-state index in [0.717, 1.165) is 11.1 Å². The Morgan fingerprint density at radius 1 is 1.04 bits per heavy atom. The molecule has 0 aliphatic carbocycles. The fourth-order valence-corrected chi connectivity index (χ4v) is 2.52. The van der Waals surface area contributed by atoms with Gasteiger partial charge in [0.15, 0.2) is 6.61 Å². The number of rotatable bonds is 7. The zero-order valence-electron chi connectivity index (χ0n) is 13.6. The van der Waals surface area contributed by atoms with Gasteiger partial charge in [-0.1, -0.05) is 48.5 Å². The molecule has 2 aromatic carbocycles. The Kier molecular flexibility index (Phi) is 5.49. The van der Waals surface area contributed by atoms with Gasteiger partial charge in [0.05, 0.1) is 12.9 Å². The van der Waals surface area contributed by atoms with Gasteiger partial charge < -0.3 is 19.6 Å². The standard InChI is InChI=1S/C20H19NO4/c22-13-17(19-11-6-12-24-19)21-20(23)14-25-18-10-5-4-9-16(18)15-7-2-1-3-8-15/h1-12,17,22H,13-14H2,(H,21,23). The number of amides is 1. The van der Waals surface area contributed by atoms with Crippen LogP contribution in [0.2, 0.25) is 0 Å². The number of benzene rings is 2. The average molecular weight is 337 g/mol. The topological polar surface area (TPSA) is 71.7 Å². The Hall–Kier alpha value is -3.05. The number of hydrogen-bond acceptors (Lipinski definition) is 4. The summed E-state index contributed by atoms with van der Waals surface area (Å²) in [7, 11) is 0. The predicted octanol–water partition coefficient (Wildman–Crippen LogP) is 3.18. The molecule has 5 nitrogen and oxygen atoms in total. The fourth-order valence-electron chi connectivity index (χ4n) is 2.52. The maximum absolute atomic E-state index is 12.1. The number of hydrogen-bond donors (Lipinski definition) is 2. The molecule has 0 bridgehead atoms. The highest BCUT2D eigenvalue weighted by Gasteiger charge is 2.17. The summed E-state index contributed by atoms with van der Waals surface area (Å²) < 4.78 is 10.9. The second-order valence-electron chi connectivity index (χ2n) is 5.47. The number of nitrogens with one attached hydrogen (secondary N) is 1. The lowest BCUT2D eigenvalue weighted by Crippen LogP contribution is -2.34. The van der Waals surface area contributed by atoms with Crippen molar-refractivity contribution in [3.8, 4) is 16.9 Å². The average Bonchev–Trinajstić information content (AvgIpc) is 3.20. The van der Waals surface area contributed by atoms with E-state index in [1.807, 2.05) is 54.6 Å². The SMILES string of the molecule is O=C(COc1ccccc1-c1ccccc1)NC(CO)c1ccco1. The van der Waals surface area contributed by atoms with Crippen LogP contribution < -0.4 is 10.1 Å². The van der Waals surface area contributed by atoms with E-state index >= 15 is 0 Å². The van der Waals surface area contributed by atoms with E-state index in [1.54, 1.807) is 12.1 Å². The molecule has 128 valence electrons. The molecule has 0 radical (unpaired) electrons. The lowest BCUT2D eigenvalue weighted by molar-refractivity contribution is -0.124. The smallest absolute Gasteiger partial charge is 0.258 e. The number of para-hydroxylation sites is 1. The number of furan rings is 1. The van der Waals surface area contributed by atoms with Crippen molar-refractivity contribution in [1.29, 1.82) is 0 Å². The van der Waals surface area contributed by atoms with E-state index in [2.05, 4.69) is 5.32 Å². The minimum absolute atomic E-state index is 0.152. The van der Waals surface area contributed by atoms with E-state index in [4.69, 9.17) is 9.15 Å². The van der Waals surface area contributed by atoms with Gasteiger partial charge in [-0.15, -0.1) is 0 Å². The normalized spacial score (nSPS) is 11.7. The van der Waals surface area contributed by atoms with Crippen molar-refractivity contribution in [3.63, 3.8) is 0 Å². The molecule has 0 aliphatic heterocycles. The summed E-state index contributed by atoms with van der Waals surface area (Å²) in [4.78, 5) is 12.1. The molecule has 1 unspecified atom stereocenters. The third kappa shape index (κ3) is 4.28. The van der Waals surface area contributed by atoms with Crippen LogP contribution in [0.3, 0.4) is 0 Å². The summed E-state index contributed by atoms with van der Waals surface area (Å²) in [5, 5.41) is 12.1. The number of ether oxygens (including phenoxy) is 1. The van der Waals surface area contributed by atoms with E-state index in [0.29, 0.717) is 11.5 Å². The number of carbonyl (C=O) groups excluding carboxylic acids is 1. The number of aliphatic hydroxyl groups excluding tert-OH is 1. The van der Waals surface area contributed by atoms with Crippen molar-refractivity contribution in [2.75, 3.05) is 13.2 Å². The first-order valence-corrected chi connectivity index (χ1v) is 7.99. The van der Waals surface area contributed by atoms with Gasteiger partial charge in [-0.25, -0.2) is 0 Å². The third-order valence-corrected chi connectivity index (χ3v) is 3.74. The molecule has 3 aromatic rings. The van der Waals surface area contributed by atoms with Crippen LogP contribution in [-0.4, -0.2) is 24.2 Å². The van der Waals surface area contributed by atoms with E-state index in [-0.39, 0.29) is 19.1 Å². The minimum atomic E-state index is -0.588. The van der Waals surface area contributed by atoms with Gasteiger partial charge in [0.1, 0.15) is 17.6 Å². The summed E-state index contributed by atoms with van der Waals surface area (Å²) in [6.07, 6.45) is 1.50. The minimum Gasteiger partial charge on any atom is -0.483 e. The van der Waals surface area contributed by atoms with Crippen LogP contribution in [0.15, 0.2) is 77.4 Å². The monoisotopic (exact) mass is 337 g/mol. The molecular weight excluding hydrogens is 318 g/mol. The van der Waals surface area contributed by atoms with Crippen LogP contribution in [0.4, 0.5) is 0 Å². The molecule has 1 aromatic heterocycles. The van der Waals surface area contributed by atoms with Crippen LogP contribution in [0.5, 0.6) is 5.75 Å². The molecule has 1 amide bonds. The second kappa shape index (κ2) is 8.17. The van der Waals surface area contributed by atoms with Crippen LogP contribution in [0, 0.1) is 0 Å². The molecule has 0 saturated carbocycles. The Labute approximate surface area is 145 Å². The highest BCUT2D eigenvalue weighted by atomic mass is 16.5. The zero-order chi connectivity index (χ0) is 17.5. The van der Waals surface area contributed by atoms with Crippen molar-refractivity contribution >= 4 is 5.91 Å². The van der Waals surface area contributed by atoms with Gasteiger partial charge in [0.25, 0.3) is 5.91 Å². The zero-order valence-corrected chi connectivity index (χ0v) is 13.6. The fraction of sp³-hybridized carbons (Fsp3) is 0.150. The molecule has 2 N–H and O–H groups in total. The second-order valence-corrected chi connectivity index (χ2v) is 5.47. The lowest BCUT2D eigenvalue weighted by Gasteiger charge is -2.15. The molecule has 0 aliphatic rings. The van der Waals surface area contributed by atoms with E-state index < -0.39 is 6.04 Å². The molecule has 5 heteroatoms. The predicted molar refractivity (Wildman–Crippen MR) is 94.1 cm³/mol. The summed E-state index contributed by atoms with van der Waals surface area (Å²) in [6, 6.07) is 20.2. The van der Waals surface area contributed by atoms with Crippen molar-refractivity contribution in [2.45, 2.75) is 6.04 Å². The Morgan fingerprint density at radius 3 is 2.52 bits per heavy atom. The molecule has 0 saturated heterocycles. The summed E-state index contributed by atoms with van der Waals surface area (Å²) in [5.74, 6) is 0.793. The van der Waals surface area contributed by atoms with Gasteiger partial charge in [-0.3, -0.25) is 4.79 Å². The van der Waals surface area contributed by atoms with Gasteiger partial charge in [-0.2, -0.15) is 0 Å². The highest BCUT2D eigenvalue weighted by Crippen LogP contribution is 2.29. The molecule has 1 heterocycles. The van der Waals surface area contributed by atoms with Crippen molar-refractivity contribution in [2.24, 2.45) is 0 Å². The highest BCUT2D eigenvalue weighted by molar-refractivity contribution is 5.78. The molecule has 3 rings (SSSR count). The van der Waals surface area contributed by atoms with Gasteiger partial charge in [0, 0.05) is 5.56 Å². The maximum Gasteiger partial charge on any atom is 0.258 e. The Bertz CT molecular complexity index is 800. The van der Waals surface area contributed by atoms with E-state index in [9.17, 15) is 9.90 Å². The summed E-state index contributed by atoms with van der Waals surface area (Å²) >= 11 is 0. The van der Waals surface area contributed by atoms with Crippen LogP contribution in [0.1, 0.15) is 11.8 Å². The molecule has 0 spiro atoms. The summed E-state index contributed by atoms with van der Waals surface area (Å²) in [6.45, 7) is -0.402. The first-order chi connectivity index (χ1) is 12.3. The Balaban J connectivity index is 1.65. The first kappa shape index (κ1) is 16.8. The molecular formula is C20H19NO4. The molecule has 1 atom stereocenters. The van der Waals surface area contributed by atoms with Crippen molar-refractivity contribution < 1.29 is 19.1 Å². The van der Waals surface area contributed by atoms with Gasteiger partial charge in [-0.05, 0) is 23.8 Å². The number of aliphatic hydroxyl groups is 1. The van der Waals surface area contributed by atoms with Crippen LogP contribution in [0.25, 0.3) is 11.1 Å². The van der Waals surface area contributed by atoms with Gasteiger partial charge >= 0.3 is 0 Å². The molecule has 0 fully saturated rings. The van der Waals surface area contributed by atoms with Crippen LogP contribution >= 0.6 is 0 Å². The Morgan fingerprint density at radius 2 is 1.80 bits per heavy atom. The quantitative estimate of drug-likeness (QED) is 0.695. The third-order valence-electron chi connectivity index (χ3n) is 3.74. The molecule has 25 heavy (non-hydrogen) atoms. The van der Waals surface area contributed by atoms with Gasteiger partial charge in [0.2, 0.25) is 0 Å². The maximum atomic E-state index is 12.1. The first-order valence-electron chi connectivity index (χ1n) is 7.99. The largest absolute Gasteiger partial charge is 0.483 e. The number of carbonyl (C=O) groups is 1. The van der Waals surface area contributed by atoms with Crippen molar-refractivity contribution in [1.82, 2.24) is 5.32 Å². The summed E-state index contributed by atoms with van der Waals surface area (Å²) in [5.41, 5.74) is 1.93.